The quantitative estimate of drug-likeness (QED) is 0.858. The first-order valence-corrected chi connectivity index (χ1v) is 9.58. The second-order valence-corrected chi connectivity index (χ2v) is 8.28. The molecule has 27 heavy (non-hydrogen) atoms. The van der Waals surface area contributed by atoms with Crippen molar-refractivity contribution in [3.8, 4) is 5.75 Å². The summed E-state index contributed by atoms with van der Waals surface area (Å²) in [6.07, 6.45) is 0.895. The largest absolute Gasteiger partial charge is 0.476 e. The fraction of sp³-hybridized carbons (Fsp3) is 0.235. The number of anilines is 3. The van der Waals surface area contributed by atoms with Crippen LogP contribution in [-0.4, -0.2) is 26.2 Å². The Morgan fingerprint density at radius 2 is 1.70 bits per heavy atom. The van der Waals surface area contributed by atoms with Crippen LogP contribution in [0.25, 0.3) is 0 Å². The minimum Gasteiger partial charge on any atom is -0.476 e. The summed E-state index contributed by atoms with van der Waals surface area (Å²) in [7, 11) is -3.68. The number of benzene rings is 2. The van der Waals surface area contributed by atoms with E-state index in [1.54, 1.807) is 0 Å². The fourth-order valence-corrected chi connectivity index (χ4v) is 3.25. The molecule has 0 aromatic heterocycles. The molecule has 0 saturated heterocycles. The van der Waals surface area contributed by atoms with Gasteiger partial charge in [0.05, 0.1) is 17.6 Å². The van der Waals surface area contributed by atoms with Gasteiger partial charge in [-0.3, -0.25) is 14.4 Å². The molecule has 6 nitrogen and oxygen atoms in total. The number of fused-ring (bicyclic) bond motifs is 1. The molecule has 0 atom stereocenters. The first kappa shape index (κ1) is 19.0. The summed E-state index contributed by atoms with van der Waals surface area (Å²) < 4.78 is 72.2. The predicted molar refractivity (Wildman–Crippen MR) is 93.1 cm³/mol. The van der Waals surface area contributed by atoms with E-state index < -0.39 is 39.0 Å². The zero-order chi connectivity index (χ0) is 20.1. The Balaban J connectivity index is 2.21. The lowest BCUT2D eigenvalue weighted by Gasteiger charge is -2.39. The Morgan fingerprint density at radius 1 is 1.04 bits per heavy atom. The van der Waals surface area contributed by atoms with E-state index >= 15 is 0 Å². The van der Waals surface area contributed by atoms with Crippen molar-refractivity contribution in [2.45, 2.75) is 19.4 Å². The second-order valence-electron chi connectivity index (χ2n) is 6.53. The molecule has 1 aliphatic heterocycles. The molecule has 2 aromatic carbocycles. The van der Waals surface area contributed by atoms with Crippen LogP contribution in [0.4, 0.5) is 30.2 Å². The Hall–Kier alpha value is -2.75. The highest BCUT2D eigenvalue weighted by Gasteiger charge is 2.43. The topological polar surface area (TPSA) is 75.7 Å². The number of nitrogens with one attached hydrogen (secondary N) is 1. The van der Waals surface area contributed by atoms with Crippen LogP contribution in [0.5, 0.6) is 5.75 Å². The van der Waals surface area contributed by atoms with E-state index in [9.17, 15) is 26.4 Å². The maximum absolute atomic E-state index is 14.8. The van der Waals surface area contributed by atoms with E-state index in [1.165, 1.54) is 19.9 Å². The number of hydrogen-bond acceptors (Lipinski definition) is 4. The molecular formula is C17H15F3N2O4S. The zero-order valence-electron chi connectivity index (χ0n) is 14.5. The number of sulfonamides is 1. The molecule has 0 aliphatic carbocycles. The summed E-state index contributed by atoms with van der Waals surface area (Å²) in [5.74, 6) is -4.14. The average molecular weight is 400 g/mol. The fourth-order valence-electron chi connectivity index (χ4n) is 2.70. The summed E-state index contributed by atoms with van der Waals surface area (Å²) in [5.41, 5.74) is -2.00. The van der Waals surface area contributed by atoms with Crippen LogP contribution in [0, 0.1) is 17.5 Å². The highest BCUT2D eigenvalue weighted by Crippen LogP contribution is 2.45. The molecule has 1 amide bonds. The minimum atomic E-state index is -3.68. The third kappa shape index (κ3) is 3.57. The summed E-state index contributed by atoms with van der Waals surface area (Å²) in [6, 6.07) is 4.78. The molecule has 144 valence electrons. The minimum absolute atomic E-state index is 0.0979. The van der Waals surface area contributed by atoms with E-state index in [0.29, 0.717) is 0 Å². The molecule has 1 N–H and O–H groups in total. The van der Waals surface area contributed by atoms with Crippen LogP contribution < -0.4 is 14.4 Å². The van der Waals surface area contributed by atoms with Crippen molar-refractivity contribution in [1.29, 1.82) is 0 Å². The van der Waals surface area contributed by atoms with Gasteiger partial charge in [0.2, 0.25) is 10.0 Å². The molecular weight excluding hydrogens is 385 g/mol. The van der Waals surface area contributed by atoms with Gasteiger partial charge in [-0.25, -0.2) is 21.6 Å². The number of hydrogen-bond donors (Lipinski definition) is 1. The van der Waals surface area contributed by atoms with Crippen LogP contribution in [0.3, 0.4) is 0 Å². The van der Waals surface area contributed by atoms with Gasteiger partial charge in [-0.1, -0.05) is 0 Å². The summed E-state index contributed by atoms with van der Waals surface area (Å²) in [4.78, 5) is 13.7. The van der Waals surface area contributed by atoms with Crippen molar-refractivity contribution in [2.75, 3.05) is 15.9 Å². The first-order chi connectivity index (χ1) is 12.4. The maximum atomic E-state index is 14.8. The molecule has 0 saturated carbocycles. The third-order valence-electron chi connectivity index (χ3n) is 3.80. The van der Waals surface area contributed by atoms with E-state index in [4.69, 9.17) is 4.74 Å². The molecule has 0 bridgehead atoms. The highest BCUT2D eigenvalue weighted by molar-refractivity contribution is 7.92. The number of nitrogens with zero attached hydrogens (tertiary/aromatic N) is 1. The SMILES string of the molecule is CC1(C)Oc2cc(NS(C)(=O)=O)cc(F)c2N(c2ccc(F)c(F)c2)C1=O. The van der Waals surface area contributed by atoms with Crippen LogP contribution >= 0.6 is 0 Å². The standard InChI is InChI=1S/C17H15F3N2O4S/c1-17(2)16(23)22(10-4-5-11(18)12(19)8-10)15-13(20)6-9(7-14(15)26-17)21-27(3,24)25/h4-8,21H,1-3H3. The molecule has 10 heteroatoms. The Morgan fingerprint density at radius 3 is 2.30 bits per heavy atom. The molecule has 2 aromatic rings. The Labute approximate surface area is 153 Å². The van der Waals surface area contributed by atoms with Crippen molar-refractivity contribution in [2.24, 2.45) is 0 Å². The lowest BCUT2D eigenvalue weighted by atomic mass is 10.0. The van der Waals surface area contributed by atoms with Gasteiger partial charge in [-0.05, 0) is 26.0 Å². The highest BCUT2D eigenvalue weighted by atomic mass is 32.2. The van der Waals surface area contributed by atoms with Gasteiger partial charge in [-0.15, -0.1) is 0 Å². The zero-order valence-corrected chi connectivity index (χ0v) is 15.3. The average Bonchev–Trinajstić information content (AvgIpc) is 2.50. The maximum Gasteiger partial charge on any atom is 0.275 e. The Kier molecular flexibility index (Phi) is 4.34. The van der Waals surface area contributed by atoms with Gasteiger partial charge in [0.15, 0.2) is 23.1 Å². The van der Waals surface area contributed by atoms with Crippen molar-refractivity contribution in [1.82, 2.24) is 0 Å². The number of carbonyl (C=O) groups is 1. The molecule has 0 fully saturated rings. The summed E-state index contributed by atoms with van der Waals surface area (Å²) in [5, 5.41) is 0. The van der Waals surface area contributed by atoms with Crippen molar-refractivity contribution in [3.63, 3.8) is 0 Å². The molecule has 0 radical (unpaired) electrons. The number of halogens is 3. The lowest BCUT2D eigenvalue weighted by molar-refractivity contribution is -0.131. The monoisotopic (exact) mass is 400 g/mol. The van der Waals surface area contributed by atoms with Gasteiger partial charge in [-0.2, -0.15) is 0 Å². The third-order valence-corrected chi connectivity index (χ3v) is 4.41. The predicted octanol–water partition coefficient (Wildman–Crippen LogP) is 3.31. The normalized spacial score (nSPS) is 15.9. The van der Waals surface area contributed by atoms with Gasteiger partial charge >= 0.3 is 0 Å². The summed E-state index contributed by atoms with van der Waals surface area (Å²) in [6.45, 7) is 2.83. The van der Waals surface area contributed by atoms with Crippen molar-refractivity contribution < 1.29 is 31.1 Å². The van der Waals surface area contributed by atoms with Crippen LogP contribution in [0.15, 0.2) is 30.3 Å². The first-order valence-electron chi connectivity index (χ1n) is 7.69. The van der Waals surface area contributed by atoms with Crippen LogP contribution in [-0.2, 0) is 14.8 Å². The van der Waals surface area contributed by atoms with Crippen LogP contribution in [0.1, 0.15) is 13.8 Å². The molecule has 1 heterocycles. The van der Waals surface area contributed by atoms with Crippen LogP contribution in [0.2, 0.25) is 0 Å². The van der Waals surface area contributed by atoms with Gasteiger partial charge in [0.1, 0.15) is 11.4 Å². The number of carbonyl (C=O) groups excluding carboxylic acids is 1. The molecule has 0 spiro atoms. The molecule has 0 unspecified atom stereocenters. The molecule has 1 aliphatic rings. The lowest BCUT2D eigenvalue weighted by Crippen LogP contribution is -2.51. The van der Waals surface area contributed by atoms with E-state index in [1.807, 2.05) is 0 Å². The number of amides is 1. The smallest absolute Gasteiger partial charge is 0.275 e. The van der Waals surface area contributed by atoms with Gasteiger partial charge in [0.25, 0.3) is 5.91 Å². The van der Waals surface area contributed by atoms with Gasteiger partial charge in [0, 0.05) is 18.2 Å². The summed E-state index contributed by atoms with van der Waals surface area (Å²) >= 11 is 0. The van der Waals surface area contributed by atoms with Crippen molar-refractivity contribution in [3.05, 3.63) is 47.8 Å². The van der Waals surface area contributed by atoms with Gasteiger partial charge < -0.3 is 4.74 Å². The molecule has 3 rings (SSSR count). The number of rotatable bonds is 3. The van der Waals surface area contributed by atoms with Crippen molar-refractivity contribution >= 4 is 33.0 Å². The Bertz CT molecular complexity index is 1050. The number of ether oxygens (including phenoxy) is 1. The second kappa shape index (κ2) is 6.15. The van der Waals surface area contributed by atoms with E-state index in [2.05, 4.69) is 4.72 Å². The van der Waals surface area contributed by atoms with E-state index in [-0.39, 0.29) is 22.8 Å². The van der Waals surface area contributed by atoms with E-state index in [0.717, 1.165) is 35.4 Å².